The van der Waals surface area contributed by atoms with Crippen LogP contribution in [-0.2, 0) is 4.79 Å². The maximum Gasteiger partial charge on any atom is 0.220 e. The lowest BCUT2D eigenvalue weighted by molar-refractivity contribution is -0.121. The predicted octanol–water partition coefficient (Wildman–Crippen LogP) is 0.995. The second-order valence-electron chi connectivity index (χ2n) is 4.87. The molecule has 2 N–H and O–H groups in total. The number of rotatable bonds is 5. The number of amides is 1. The molecule has 114 valence electrons. The van der Waals surface area contributed by atoms with E-state index in [2.05, 4.69) is 15.5 Å². The van der Waals surface area contributed by atoms with Gasteiger partial charge in [-0.1, -0.05) is 0 Å². The Morgan fingerprint density at radius 3 is 2.68 bits per heavy atom. The minimum atomic E-state index is 0. The molecular formula is C12H25Cl2N3OS. The zero-order chi connectivity index (χ0) is 11.9. The summed E-state index contributed by atoms with van der Waals surface area (Å²) in [6, 6.07) is 0. The third kappa shape index (κ3) is 7.61. The number of carbonyl (C=O) groups is 1. The Morgan fingerprint density at radius 2 is 2.05 bits per heavy atom. The van der Waals surface area contributed by atoms with Crippen LogP contribution in [0.3, 0.4) is 0 Å². The molecule has 1 amide bonds. The van der Waals surface area contributed by atoms with Crippen LogP contribution < -0.4 is 10.6 Å². The molecule has 0 aliphatic carbocycles. The molecule has 1 atom stereocenters. The van der Waals surface area contributed by atoms with Gasteiger partial charge in [0.05, 0.1) is 0 Å². The third-order valence-electron chi connectivity index (χ3n) is 3.49. The number of carbonyl (C=O) groups excluding carboxylic acids is 1. The zero-order valence-corrected chi connectivity index (χ0v) is 13.7. The lowest BCUT2D eigenvalue weighted by atomic mass is 10.0. The lowest BCUT2D eigenvalue weighted by Crippen LogP contribution is -2.39. The van der Waals surface area contributed by atoms with Crippen LogP contribution in [-0.4, -0.2) is 61.6 Å². The van der Waals surface area contributed by atoms with Crippen molar-refractivity contribution >= 4 is 42.5 Å². The maximum absolute atomic E-state index is 11.7. The van der Waals surface area contributed by atoms with Crippen LogP contribution in [0.25, 0.3) is 0 Å². The van der Waals surface area contributed by atoms with E-state index in [0.29, 0.717) is 12.3 Å². The Morgan fingerprint density at radius 1 is 1.32 bits per heavy atom. The highest BCUT2D eigenvalue weighted by Gasteiger charge is 2.18. The monoisotopic (exact) mass is 329 g/mol. The van der Waals surface area contributed by atoms with E-state index in [1.807, 2.05) is 11.8 Å². The first kappa shape index (κ1) is 19.3. The van der Waals surface area contributed by atoms with Crippen LogP contribution in [0.15, 0.2) is 0 Å². The summed E-state index contributed by atoms with van der Waals surface area (Å²) in [6.07, 6.45) is 1.85. The second kappa shape index (κ2) is 11.0. The Labute approximate surface area is 132 Å². The maximum atomic E-state index is 11.7. The van der Waals surface area contributed by atoms with Gasteiger partial charge in [0.2, 0.25) is 5.91 Å². The SMILES string of the molecule is Cl.Cl.O=C(CC1CCNC1)NCCN1CCSCC1. The fraction of sp³-hybridized carbons (Fsp3) is 0.917. The van der Waals surface area contributed by atoms with Crippen molar-refractivity contribution in [2.45, 2.75) is 12.8 Å². The van der Waals surface area contributed by atoms with Gasteiger partial charge >= 0.3 is 0 Å². The molecule has 0 aromatic carbocycles. The molecule has 2 aliphatic heterocycles. The summed E-state index contributed by atoms with van der Waals surface area (Å²) in [5.74, 6) is 3.26. The number of hydrogen-bond acceptors (Lipinski definition) is 4. The summed E-state index contributed by atoms with van der Waals surface area (Å²) < 4.78 is 0. The van der Waals surface area contributed by atoms with E-state index in [-0.39, 0.29) is 30.7 Å². The molecule has 7 heteroatoms. The molecule has 0 aromatic rings. The molecule has 4 nitrogen and oxygen atoms in total. The highest BCUT2D eigenvalue weighted by Crippen LogP contribution is 2.11. The van der Waals surface area contributed by atoms with Crippen LogP contribution in [0, 0.1) is 5.92 Å². The summed E-state index contributed by atoms with van der Waals surface area (Å²) in [6.45, 7) is 6.25. The molecule has 0 saturated carbocycles. The third-order valence-corrected chi connectivity index (χ3v) is 4.43. The Kier molecular flexibility index (Phi) is 11.2. The van der Waals surface area contributed by atoms with Gasteiger partial charge in [0.15, 0.2) is 0 Å². The molecule has 2 aliphatic rings. The molecule has 0 bridgehead atoms. The van der Waals surface area contributed by atoms with E-state index in [0.717, 1.165) is 32.6 Å². The van der Waals surface area contributed by atoms with Crippen LogP contribution in [0.4, 0.5) is 0 Å². The van der Waals surface area contributed by atoms with Gasteiger partial charge in [0, 0.05) is 44.1 Å². The molecule has 19 heavy (non-hydrogen) atoms. The van der Waals surface area contributed by atoms with Gasteiger partial charge in [-0.3, -0.25) is 9.69 Å². The predicted molar refractivity (Wildman–Crippen MR) is 86.9 cm³/mol. The van der Waals surface area contributed by atoms with E-state index in [4.69, 9.17) is 0 Å². The Bertz CT molecular complexity index is 247. The van der Waals surface area contributed by atoms with Gasteiger partial charge in [-0.2, -0.15) is 11.8 Å². The smallest absolute Gasteiger partial charge is 0.220 e. The first-order chi connectivity index (χ1) is 8.34. The van der Waals surface area contributed by atoms with Gasteiger partial charge in [0.1, 0.15) is 0 Å². The molecule has 0 spiro atoms. The van der Waals surface area contributed by atoms with Crippen LogP contribution >= 0.6 is 36.6 Å². The van der Waals surface area contributed by atoms with Crippen molar-refractivity contribution in [3.05, 3.63) is 0 Å². The van der Waals surface area contributed by atoms with Crippen LogP contribution in [0.2, 0.25) is 0 Å². The summed E-state index contributed by atoms with van der Waals surface area (Å²) in [7, 11) is 0. The summed E-state index contributed by atoms with van der Waals surface area (Å²) in [5.41, 5.74) is 0. The number of hydrogen-bond donors (Lipinski definition) is 2. The van der Waals surface area contributed by atoms with Crippen molar-refractivity contribution < 1.29 is 4.79 Å². The van der Waals surface area contributed by atoms with Crippen molar-refractivity contribution in [3.8, 4) is 0 Å². The second-order valence-corrected chi connectivity index (χ2v) is 6.09. The standard InChI is InChI=1S/C12H23N3OS.2ClH/c16-12(9-11-1-2-13-10-11)14-3-4-15-5-7-17-8-6-15;;/h11,13H,1-10H2,(H,14,16);2*1H. The molecular weight excluding hydrogens is 305 g/mol. The molecule has 2 saturated heterocycles. The fourth-order valence-electron chi connectivity index (χ4n) is 2.40. The number of nitrogens with zero attached hydrogens (tertiary/aromatic N) is 1. The van der Waals surface area contributed by atoms with Crippen LogP contribution in [0.1, 0.15) is 12.8 Å². The van der Waals surface area contributed by atoms with E-state index in [1.54, 1.807) is 0 Å². The van der Waals surface area contributed by atoms with Gasteiger partial charge < -0.3 is 10.6 Å². The van der Waals surface area contributed by atoms with Crippen molar-refractivity contribution in [3.63, 3.8) is 0 Å². The van der Waals surface area contributed by atoms with E-state index >= 15 is 0 Å². The summed E-state index contributed by atoms with van der Waals surface area (Å²) in [5, 5.41) is 6.34. The first-order valence-electron chi connectivity index (χ1n) is 6.62. The highest BCUT2D eigenvalue weighted by atomic mass is 35.5. The highest BCUT2D eigenvalue weighted by molar-refractivity contribution is 7.99. The van der Waals surface area contributed by atoms with E-state index < -0.39 is 0 Å². The van der Waals surface area contributed by atoms with E-state index in [1.165, 1.54) is 24.6 Å². The fourth-order valence-corrected chi connectivity index (χ4v) is 3.38. The Balaban J connectivity index is 0.00000162. The quantitative estimate of drug-likeness (QED) is 0.789. The number of halogens is 2. The molecule has 1 unspecified atom stereocenters. The minimum absolute atomic E-state index is 0. The van der Waals surface area contributed by atoms with Crippen molar-refractivity contribution in [2.75, 3.05) is 50.8 Å². The summed E-state index contributed by atoms with van der Waals surface area (Å²) in [4.78, 5) is 14.1. The Hall–Kier alpha value is 0.320. The average molecular weight is 330 g/mol. The van der Waals surface area contributed by atoms with Crippen molar-refractivity contribution in [2.24, 2.45) is 5.92 Å². The molecule has 0 radical (unpaired) electrons. The lowest BCUT2D eigenvalue weighted by Gasteiger charge is -2.26. The van der Waals surface area contributed by atoms with Gasteiger partial charge in [-0.15, -0.1) is 24.8 Å². The topological polar surface area (TPSA) is 44.4 Å². The molecule has 2 fully saturated rings. The van der Waals surface area contributed by atoms with Crippen molar-refractivity contribution in [1.29, 1.82) is 0 Å². The first-order valence-corrected chi connectivity index (χ1v) is 7.77. The van der Waals surface area contributed by atoms with E-state index in [9.17, 15) is 4.79 Å². The van der Waals surface area contributed by atoms with Gasteiger partial charge in [-0.25, -0.2) is 0 Å². The van der Waals surface area contributed by atoms with Gasteiger partial charge in [0.25, 0.3) is 0 Å². The van der Waals surface area contributed by atoms with Crippen molar-refractivity contribution in [1.82, 2.24) is 15.5 Å². The zero-order valence-electron chi connectivity index (χ0n) is 11.2. The molecule has 2 heterocycles. The van der Waals surface area contributed by atoms with Gasteiger partial charge in [-0.05, 0) is 25.4 Å². The average Bonchev–Trinajstić information content (AvgIpc) is 2.83. The molecule has 2 rings (SSSR count). The minimum Gasteiger partial charge on any atom is -0.355 e. The number of nitrogens with one attached hydrogen (secondary N) is 2. The largest absolute Gasteiger partial charge is 0.355 e. The van der Waals surface area contributed by atoms with Crippen LogP contribution in [0.5, 0.6) is 0 Å². The normalized spacial score (nSPS) is 23.3. The number of thioether (sulfide) groups is 1. The molecule has 0 aromatic heterocycles. The summed E-state index contributed by atoms with van der Waals surface area (Å²) >= 11 is 2.02.